The van der Waals surface area contributed by atoms with Crippen LogP contribution in [0.5, 0.6) is 0 Å². The zero-order valence-corrected chi connectivity index (χ0v) is 17.4. The van der Waals surface area contributed by atoms with E-state index in [0.29, 0.717) is 18.2 Å². The molecular formula is C20H29NO6S. The highest BCUT2D eigenvalue weighted by Gasteiger charge is 2.42. The Bertz CT molecular complexity index is 624. The maximum atomic E-state index is 11.7. The molecule has 1 aliphatic rings. The van der Waals surface area contributed by atoms with Crippen molar-refractivity contribution in [2.75, 3.05) is 26.8 Å². The second kappa shape index (κ2) is 11.3. The summed E-state index contributed by atoms with van der Waals surface area (Å²) in [6.45, 7) is 6.07. The number of thiocarbonyl (C=S) groups is 1. The quantitative estimate of drug-likeness (QED) is 0.488. The first-order valence-corrected chi connectivity index (χ1v) is 9.89. The van der Waals surface area contributed by atoms with Gasteiger partial charge in [-0.2, -0.15) is 0 Å². The third-order valence-electron chi connectivity index (χ3n) is 4.72. The molecular weight excluding hydrogens is 382 g/mol. The Hall–Kier alpha value is -1.74. The predicted octanol–water partition coefficient (Wildman–Crippen LogP) is 1.91. The molecule has 0 radical (unpaired) electrons. The van der Waals surface area contributed by atoms with Crippen LogP contribution in [-0.2, 0) is 30.3 Å². The number of nitrogens with zero attached hydrogens (tertiary/aromatic N) is 1. The highest BCUT2D eigenvalue weighted by molar-refractivity contribution is 7.80. The Kier molecular flexibility index (Phi) is 9.11. The molecule has 1 aliphatic heterocycles. The van der Waals surface area contributed by atoms with E-state index in [0.717, 1.165) is 18.7 Å². The number of ether oxygens (including phenoxy) is 4. The molecule has 0 aliphatic carbocycles. The number of aliphatic hydroxyl groups excluding tert-OH is 1. The Balaban J connectivity index is 2.00. The molecule has 1 unspecified atom stereocenters. The molecule has 0 saturated carbocycles. The van der Waals surface area contributed by atoms with Crippen LogP contribution in [0.3, 0.4) is 0 Å². The first kappa shape index (κ1) is 22.5. The van der Waals surface area contributed by atoms with Gasteiger partial charge >= 0.3 is 5.97 Å². The lowest BCUT2D eigenvalue weighted by molar-refractivity contribution is -0.159. The maximum Gasteiger partial charge on any atom is 0.337 e. The fourth-order valence-corrected chi connectivity index (χ4v) is 3.38. The van der Waals surface area contributed by atoms with Crippen molar-refractivity contribution in [3.8, 4) is 0 Å². The van der Waals surface area contributed by atoms with Crippen LogP contribution in [0.1, 0.15) is 25.8 Å². The number of carbonyl (C=O) groups is 1. The van der Waals surface area contributed by atoms with Gasteiger partial charge in [-0.1, -0.05) is 30.3 Å². The zero-order valence-electron chi connectivity index (χ0n) is 16.6. The molecule has 8 heteroatoms. The minimum absolute atomic E-state index is 0.180. The van der Waals surface area contributed by atoms with Crippen LogP contribution in [-0.4, -0.2) is 72.4 Å². The van der Waals surface area contributed by atoms with Gasteiger partial charge in [0, 0.05) is 19.5 Å². The number of methoxy groups -OCH3 is 1. The molecule has 0 bridgehead atoms. The fourth-order valence-electron chi connectivity index (χ4n) is 3.05. The van der Waals surface area contributed by atoms with Crippen molar-refractivity contribution < 1.29 is 28.8 Å². The molecule has 156 valence electrons. The molecule has 1 aromatic carbocycles. The van der Waals surface area contributed by atoms with Gasteiger partial charge in [-0.05, 0) is 31.6 Å². The van der Waals surface area contributed by atoms with Crippen molar-refractivity contribution in [2.45, 2.75) is 51.3 Å². The Morgan fingerprint density at radius 3 is 2.61 bits per heavy atom. The fraction of sp³-hybridized carbons (Fsp3) is 0.600. The van der Waals surface area contributed by atoms with E-state index in [1.54, 1.807) is 0 Å². The smallest absolute Gasteiger partial charge is 0.337 e. The van der Waals surface area contributed by atoms with Crippen molar-refractivity contribution >= 4 is 23.4 Å². The zero-order chi connectivity index (χ0) is 20.5. The second-order valence-corrected chi connectivity index (χ2v) is 6.85. The maximum absolute atomic E-state index is 11.7. The van der Waals surface area contributed by atoms with Crippen LogP contribution in [0, 0.1) is 0 Å². The average Bonchev–Trinajstić information content (AvgIpc) is 3.14. The van der Waals surface area contributed by atoms with Crippen molar-refractivity contribution in [3.05, 3.63) is 35.9 Å². The topological polar surface area (TPSA) is 77.5 Å². The lowest BCUT2D eigenvalue weighted by atomic mass is 10.1. The minimum atomic E-state index is -1.37. The van der Waals surface area contributed by atoms with E-state index in [1.165, 1.54) is 7.11 Å². The molecule has 2 rings (SSSR count). The van der Waals surface area contributed by atoms with Crippen molar-refractivity contribution in [1.82, 2.24) is 4.90 Å². The molecule has 0 amide bonds. The normalized spacial score (nSPS) is 22.5. The summed E-state index contributed by atoms with van der Waals surface area (Å²) in [4.78, 5) is 13.6. The number of hydrogen-bond acceptors (Lipinski definition) is 7. The van der Waals surface area contributed by atoms with Crippen molar-refractivity contribution in [3.63, 3.8) is 0 Å². The van der Waals surface area contributed by atoms with Gasteiger partial charge in [0.1, 0.15) is 12.7 Å². The summed E-state index contributed by atoms with van der Waals surface area (Å²) >= 11 is 5.31. The summed E-state index contributed by atoms with van der Waals surface area (Å²) < 4.78 is 22.2. The Morgan fingerprint density at radius 2 is 2.00 bits per heavy atom. The van der Waals surface area contributed by atoms with Gasteiger partial charge in [-0.15, -0.1) is 0 Å². The van der Waals surface area contributed by atoms with Gasteiger partial charge in [0.05, 0.1) is 25.9 Å². The first-order valence-electron chi connectivity index (χ1n) is 9.48. The largest absolute Gasteiger partial charge is 0.468 e. The van der Waals surface area contributed by atoms with Crippen LogP contribution in [0.2, 0.25) is 0 Å². The lowest BCUT2D eigenvalue weighted by Crippen LogP contribution is -2.37. The van der Waals surface area contributed by atoms with Crippen LogP contribution >= 0.6 is 12.2 Å². The lowest BCUT2D eigenvalue weighted by Gasteiger charge is -2.24. The number of esters is 1. The highest BCUT2D eigenvalue weighted by Crippen LogP contribution is 2.27. The number of carbonyl (C=O) groups excluding carboxylic acids is 1. The summed E-state index contributed by atoms with van der Waals surface area (Å²) in [6, 6.07) is 9.76. The molecule has 7 nitrogen and oxygen atoms in total. The third-order valence-corrected chi connectivity index (χ3v) is 5.10. The van der Waals surface area contributed by atoms with Gasteiger partial charge in [0.15, 0.2) is 6.10 Å². The Labute approximate surface area is 171 Å². The van der Waals surface area contributed by atoms with Gasteiger partial charge in [0.2, 0.25) is 0 Å². The summed E-state index contributed by atoms with van der Waals surface area (Å²) in [6.07, 6.45) is -2.53. The van der Waals surface area contributed by atoms with Crippen molar-refractivity contribution in [1.29, 1.82) is 0 Å². The molecule has 1 N–H and O–H groups in total. The summed E-state index contributed by atoms with van der Waals surface area (Å²) in [7, 11) is 1.23. The number of benzene rings is 1. The van der Waals surface area contributed by atoms with E-state index in [2.05, 4.69) is 4.74 Å². The van der Waals surface area contributed by atoms with Crippen molar-refractivity contribution in [2.24, 2.45) is 0 Å². The van der Waals surface area contributed by atoms with Crippen LogP contribution in [0.4, 0.5) is 0 Å². The van der Waals surface area contributed by atoms with Crippen LogP contribution in [0.15, 0.2) is 30.3 Å². The van der Waals surface area contributed by atoms with E-state index >= 15 is 0 Å². The molecule has 0 aromatic heterocycles. The second-order valence-electron chi connectivity index (χ2n) is 6.50. The van der Waals surface area contributed by atoms with E-state index in [1.807, 2.05) is 49.1 Å². The molecule has 4 atom stereocenters. The first-order chi connectivity index (χ1) is 13.5. The summed E-state index contributed by atoms with van der Waals surface area (Å²) in [5.41, 5.74) is 1.03. The number of aliphatic hydroxyl groups is 1. The van der Waals surface area contributed by atoms with Gasteiger partial charge in [-0.3, -0.25) is 0 Å². The molecule has 1 saturated heterocycles. The SMILES string of the molecule is CCN(CC)C(=S)OC[C@H]1O[C@H](C(O)C(=O)OC)C[C@@H]1OCc1ccccc1. The van der Waals surface area contributed by atoms with E-state index < -0.39 is 24.3 Å². The Morgan fingerprint density at radius 1 is 1.32 bits per heavy atom. The van der Waals surface area contributed by atoms with Crippen LogP contribution in [0.25, 0.3) is 0 Å². The van der Waals surface area contributed by atoms with Gasteiger partial charge in [0.25, 0.3) is 5.17 Å². The van der Waals surface area contributed by atoms with Gasteiger partial charge in [-0.25, -0.2) is 4.79 Å². The van der Waals surface area contributed by atoms with E-state index in [4.69, 9.17) is 26.4 Å². The number of rotatable bonds is 9. The van der Waals surface area contributed by atoms with E-state index in [9.17, 15) is 9.90 Å². The predicted molar refractivity (Wildman–Crippen MR) is 108 cm³/mol. The molecule has 28 heavy (non-hydrogen) atoms. The van der Waals surface area contributed by atoms with E-state index in [-0.39, 0.29) is 12.7 Å². The molecule has 1 heterocycles. The monoisotopic (exact) mass is 411 g/mol. The number of hydrogen-bond donors (Lipinski definition) is 1. The average molecular weight is 412 g/mol. The standard InChI is InChI=1S/C20H29NO6S/c1-4-21(5-2)20(28)26-13-17-15(25-12-14-9-7-6-8-10-14)11-16(27-17)18(22)19(23)24-3/h6-10,15-18,22H,4-5,11-13H2,1-3H3/t15-,16-,17+,18?/m0/s1. The third kappa shape index (κ3) is 6.13. The minimum Gasteiger partial charge on any atom is -0.468 e. The summed E-state index contributed by atoms with van der Waals surface area (Å²) in [5, 5.41) is 10.5. The van der Waals surface area contributed by atoms with Crippen LogP contribution < -0.4 is 0 Å². The molecule has 1 fully saturated rings. The highest BCUT2D eigenvalue weighted by atomic mass is 32.1. The van der Waals surface area contributed by atoms with Gasteiger partial charge < -0.3 is 29.0 Å². The summed E-state index contributed by atoms with van der Waals surface area (Å²) in [5.74, 6) is -0.730. The molecule has 1 aromatic rings. The molecule has 0 spiro atoms.